The molecule has 0 bridgehead atoms. The Morgan fingerprint density at radius 2 is 0.875 bits per heavy atom. The molecule has 16 heavy (non-hydrogen) atoms. The van der Waals surface area contributed by atoms with Crippen LogP contribution in [-0.2, 0) is 4.79 Å². The van der Waals surface area contributed by atoms with Crippen molar-refractivity contribution >= 4 is 6.47 Å². The first kappa shape index (κ1) is 24.6. The van der Waals surface area contributed by atoms with Crippen LogP contribution in [0.1, 0.15) is 79.1 Å². The van der Waals surface area contributed by atoms with Crippen molar-refractivity contribution in [3.8, 4) is 0 Å². The predicted octanol–water partition coefficient (Wildman–Crippen LogP) is 4.05. The maximum absolute atomic E-state index is 8.36. The van der Waals surface area contributed by atoms with Gasteiger partial charge in [0.15, 0.2) is 0 Å². The van der Waals surface area contributed by atoms with E-state index >= 15 is 0 Å². The van der Waals surface area contributed by atoms with Crippen LogP contribution in [0.3, 0.4) is 0 Å². The van der Waals surface area contributed by atoms with Crippen LogP contribution in [0.4, 0.5) is 0 Å². The Bertz CT molecular complexity index is 69.2. The van der Waals surface area contributed by atoms with Crippen molar-refractivity contribution < 1.29 is 15.4 Å². The monoisotopic (exact) mass is 236 g/mol. The topological polar surface area (TPSA) is 68.8 Å². The molecule has 3 heteroatoms. The lowest BCUT2D eigenvalue weighted by molar-refractivity contribution is -0.122. The van der Waals surface area contributed by atoms with E-state index in [2.05, 4.69) is 27.7 Å². The Kier molecular flexibility index (Phi) is 56.3. The maximum atomic E-state index is 8.36. The van der Waals surface area contributed by atoms with Crippen LogP contribution in [-0.4, -0.2) is 17.1 Å². The van der Waals surface area contributed by atoms with Crippen molar-refractivity contribution in [2.75, 3.05) is 0 Å². The fourth-order valence-corrected chi connectivity index (χ4v) is 1.000. The molecule has 0 aromatic carbocycles. The zero-order valence-corrected chi connectivity index (χ0v) is 11.6. The van der Waals surface area contributed by atoms with E-state index in [-0.39, 0.29) is 11.9 Å². The highest BCUT2D eigenvalue weighted by molar-refractivity contribution is 5.32. The second-order valence-corrected chi connectivity index (χ2v) is 3.52. The van der Waals surface area contributed by atoms with Gasteiger partial charge >= 0.3 is 0 Å². The Labute approximate surface area is 102 Å². The minimum absolute atomic E-state index is 0. The third kappa shape index (κ3) is 70.4. The fraction of sp³-hybridized carbons (Fsp3) is 0.923. The summed E-state index contributed by atoms with van der Waals surface area (Å²) in [5.41, 5.74) is 0. The highest BCUT2D eigenvalue weighted by atomic mass is 16.3. The molecular weight excluding hydrogens is 204 g/mol. The first-order chi connectivity index (χ1) is 7.24. The van der Waals surface area contributed by atoms with Gasteiger partial charge in [-0.25, -0.2) is 0 Å². The van der Waals surface area contributed by atoms with Crippen LogP contribution in [0, 0.1) is 0 Å². The largest absolute Gasteiger partial charge is 0.483 e. The van der Waals surface area contributed by atoms with Gasteiger partial charge in [-0.05, 0) is 0 Å². The highest BCUT2D eigenvalue weighted by Crippen LogP contribution is 1.95. The van der Waals surface area contributed by atoms with Crippen molar-refractivity contribution in [3.05, 3.63) is 0 Å². The van der Waals surface area contributed by atoms with E-state index in [1.807, 2.05) is 0 Å². The van der Waals surface area contributed by atoms with E-state index in [0.29, 0.717) is 0 Å². The van der Waals surface area contributed by atoms with E-state index in [1.165, 1.54) is 51.4 Å². The molecule has 0 rings (SSSR count). The second kappa shape index (κ2) is 36.6. The van der Waals surface area contributed by atoms with Crippen LogP contribution in [0.25, 0.3) is 0 Å². The molecule has 0 aliphatic rings. The van der Waals surface area contributed by atoms with Gasteiger partial charge in [0.2, 0.25) is 0 Å². The van der Waals surface area contributed by atoms with Gasteiger partial charge in [-0.3, -0.25) is 4.79 Å². The highest BCUT2D eigenvalue weighted by Gasteiger charge is 1.75. The van der Waals surface area contributed by atoms with Crippen molar-refractivity contribution in [3.63, 3.8) is 0 Å². The van der Waals surface area contributed by atoms with Crippen LogP contribution in [0.2, 0.25) is 0 Å². The van der Waals surface area contributed by atoms with Gasteiger partial charge in [0.1, 0.15) is 0 Å². The first-order valence-corrected chi connectivity index (χ1v) is 6.32. The summed E-state index contributed by atoms with van der Waals surface area (Å²) in [7, 11) is 0. The smallest absolute Gasteiger partial charge is 0.290 e. The van der Waals surface area contributed by atoms with Gasteiger partial charge in [0.05, 0.1) is 0 Å². The number of carboxylic acid groups (broad SMARTS) is 1. The van der Waals surface area contributed by atoms with Gasteiger partial charge in [-0.1, -0.05) is 79.1 Å². The molecule has 0 radical (unpaired) electrons. The Morgan fingerprint density at radius 3 is 0.938 bits per heavy atom. The molecule has 0 spiro atoms. The summed E-state index contributed by atoms with van der Waals surface area (Å²) < 4.78 is 0. The number of hydrogen-bond donors (Lipinski definition) is 1. The Morgan fingerprint density at radius 1 is 0.750 bits per heavy atom. The molecule has 0 aromatic rings. The van der Waals surface area contributed by atoms with Crippen LogP contribution >= 0.6 is 0 Å². The lowest BCUT2D eigenvalue weighted by Crippen LogP contribution is -1.66. The summed E-state index contributed by atoms with van der Waals surface area (Å²) in [4.78, 5) is 8.36. The standard InChI is InChI=1S/2C6H14.CH2O2.H2O/c2*1-3-5-6-4-2;2-1-3;/h2*3-6H2,1-2H3;1H,(H,2,3);1H2. The maximum Gasteiger partial charge on any atom is 0.290 e. The number of carbonyl (C=O) groups is 1. The summed E-state index contributed by atoms with van der Waals surface area (Å²) in [6.07, 6.45) is 11.1. The fourth-order valence-electron chi connectivity index (χ4n) is 1.000. The lowest BCUT2D eigenvalue weighted by atomic mass is 10.2. The van der Waals surface area contributed by atoms with E-state index < -0.39 is 0 Å². The molecule has 0 unspecified atom stereocenters. The van der Waals surface area contributed by atoms with E-state index in [9.17, 15) is 0 Å². The van der Waals surface area contributed by atoms with E-state index in [1.54, 1.807) is 0 Å². The minimum atomic E-state index is -0.250. The molecule has 0 saturated heterocycles. The van der Waals surface area contributed by atoms with Crippen molar-refractivity contribution in [1.29, 1.82) is 0 Å². The average molecular weight is 236 g/mol. The Hall–Kier alpha value is -0.570. The third-order valence-electron chi connectivity index (χ3n) is 1.91. The van der Waals surface area contributed by atoms with Gasteiger partial charge in [0.25, 0.3) is 6.47 Å². The molecule has 0 amide bonds. The minimum Gasteiger partial charge on any atom is -0.483 e. The summed E-state index contributed by atoms with van der Waals surface area (Å²) in [6, 6.07) is 0. The Balaban J connectivity index is -0.0000000692. The van der Waals surface area contributed by atoms with Crippen LogP contribution in [0.5, 0.6) is 0 Å². The second-order valence-electron chi connectivity index (χ2n) is 3.52. The lowest BCUT2D eigenvalue weighted by Gasteiger charge is -1.86. The zero-order chi connectivity index (χ0) is 12.4. The molecule has 3 N–H and O–H groups in total. The van der Waals surface area contributed by atoms with Gasteiger partial charge in [-0.2, -0.15) is 0 Å². The molecule has 0 aliphatic carbocycles. The molecular formula is C13H32O3. The molecule has 0 aromatic heterocycles. The third-order valence-corrected chi connectivity index (χ3v) is 1.91. The number of unbranched alkanes of at least 4 members (excludes halogenated alkanes) is 6. The molecule has 0 fully saturated rings. The van der Waals surface area contributed by atoms with E-state index in [4.69, 9.17) is 9.90 Å². The molecule has 0 heterocycles. The van der Waals surface area contributed by atoms with Crippen molar-refractivity contribution in [1.82, 2.24) is 0 Å². The number of hydrogen-bond acceptors (Lipinski definition) is 1. The average Bonchev–Trinajstić information content (AvgIpc) is 2.25. The van der Waals surface area contributed by atoms with Gasteiger partial charge in [-0.15, -0.1) is 0 Å². The molecule has 3 nitrogen and oxygen atoms in total. The molecule has 0 aliphatic heterocycles. The van der Waals surface area contributed by atoms with Gasteiger partial charge < -0.3 is 10.6 Å². The molecule has 0 saturated carbocycles. The number of rotatable bonds is 6. The summed E-state index contributed by atoms with van der Waals surface area (Å²) in [5.74, 6) is 0. The summed E-state index contributed by atoms with van der Waals surface area (Å²) >= 11 is 0. The van der Waals surface area contributed by atoms with Gasteiger partial charge in [0, 0.05) is 0 Å². The molecule has 102 valence electrons. The van der Waals surface area contributed by atoms with Crippen molar-refractivity contribution in [2.24, 2.45) is 0 Å². The first-order valence-electron chi connectivity index (χ1n) is 6.32. The van der Waals surface area contributed by atoms with Crippen LogP contribution < -0.4 is 0 Å². The summed E-state index contributed by atoms with van der Waals surface area (Å²) in [6.45, 7) is 8.68. The van der Waals surface area contributed by atoms with Crippen molar-refractivity contribution in [2.45, 2.75) is 79.1 Å². The normalized spacial score (nSPS) is 7.50. The SMILES string of the molecule is CCCCCC.CCCCCC.O.O=CO. The van der Waals surface area contributed by atoms with Crippen LogP contribution in [0.15, 0.2) is 0 Å². The predicted molar refractivity (Wildman–Crippen MR) is 71.9 cm³/mol. The molecule has 0 atom stereocenters. The summed E-state index contributed by atoms with van der Waals surface area (Å²) in [5, 5.41) is 6.89. The quantitative estimate of drug-likeness (QED) is 0.558. The van der Waals surface area contributed by atoms with E-state index in [0.717, 1.165) is 0 Å². The zero-order valence-electron chi connectivity index (χ0n) is 11.6.